The van der Waals surface area contributed by atoms with Gasteiger partial charge in [-0.05, 0) is 37.3 Å². The van der Waals surface area contributed by atoms with E-state index in [1.54, 1.807) is 47.5 Å². The van der Waals surface area contributed by atoms with Gasteiger partial charge in [0.1, 0.15) is 5.69 Å². The fourth-order valence-corrected chi connectivity index (χ4v) is 4.88. The number of primary amides is 1. The van der Waals surface area contributed by atoms with Gasteiger partial charge in [-0.2, -0.15) is 0 Å². The molecule has 4 rings (SSSR count). The number of anilines is 1. The summed E-state index contributed by atoms with van der Waals surface area (Å²) >= 11 is 4.64. The average molecular weight is 456 g/mol. The molecule has 0 saturated heterocycles. The topological polar surface area (TPSA) is 114 Å². The first kappa shape index (κ1) is 20.3. The number of aromatic amines is 1. The number of amides is 2. The summed E-state index contributed by atoms with van der Waals surface area (Å²) < 4.78 is 0. The van der Waals surface area contributed by atoms with Gasteiger partial charge in [-0.3, -0.25) is 14.9 Å². The van der Waals surface area contributed by atoms with Gasteiger partial charge in [-0.25, -0.2) is 9.97 Å². The number of nitrogens with zero attached hydrogens (tertiary/aromatic N) is 2. The van der Waals surface area contributed by atoms with Crippen molar-refractivity contribution in [1.29, 1.82) is 0 Å². The highest BCUT2D eigenvalue weighted by Gasteiger charge is 2.12. The minimum Gasteiger partial charge on any atom is -0.364 e. The third-order valence-corrected chi connectivity index (χ3v) is 6.76. The Balaban J connectivity index is 1.36. The first-order chi connectivity index (χ1) is 14.5. The van der Waals surface area contributed by atoms with Crippen LogP contribution in [0.25, 0.3) is 11.3 Å². The number of thioether (sulfide) groups is 1. The number of rotatable bonds is 7. The van der Waals surface area contributed by atoms with E-state index in [1.165, 1.54) is 11.3 Å². The highest BCUT2D eigenvalue weighted by molar-refractivity contribution is 7.98. The molecule has 0 saturated carbocycles. The molecule has 0 unspecified atom stereocenters. The summed E-state index contributed by atoms with van der Waals surface area (Å²) in [5, 5.41) is 8.23. The second kappa shape index (κ2) is 8.82. The Bertz CT molecular complexity index is 1190. The summed E-state index contributed by atoms with van der Waals surface area (Å²) in [6.07, 6.45) is 1.66. The fourth-order valence-electron chi connectivity index (χ4n) is 2.65. The zero-order valence-corrected chi connectivity index (χ0v) is 18.3. The number of hydrogen-bond acceptors (Lipinski definition) is 7. The average Bonchev–Trinajstić information content (AvgIpc) is 3.47. The van der Waals surface area contributed by atoms with Crippen molar-refractivity contribution in [2.24, 2.45) is 5.73 Å². The Morgan fingerprint density at radius 2 is 1.97 bits per heavy atom. The van der Waals surface area contributed by atoms with E-state index in [2.05, 4.69) is 25.6 Å². The summed E-state index contributed by atoms with van der Waals surface area (Å²) in [5.41, 5.74) is 8.57. The fraction of sp³-hybridized carbons (Fsp3) is 0.100. The van der Waals surface area contributed by atoms with Crippen molar-refractivity contribution in [1.82, 2.24) is 15.0 Å². The van der Waals surface area contributed by atoms with Crippen LogP contribution in [0.3, 0.4) is 0 Å². The number of aromatic nitrogens is 3. The molecule has 0 fully saturated rings. The van der Waals surface area contributed by atoms with Gasteiger partial charge in [0.05, 0.1) is 16.4 Å². The molecule has 7 nitrogen and oxygen atoms in total. The molecule has 0 bridgehead atoms. The number of carbonyl (C=O) groups is 2. The zero-order chi connectivity index (χ0) is 21.1. The van der Waals surface area contributed by atoms with E-state index in [0.29, 0.717) is 22.1 Å². The second-order valence-corrected chi connectivity index (χ2v) is 9.30. The lowest BCUT2D eigenvalue weighted by Crippen LogP contribution is -2.11. The first-order valence-electron chi connectivity index (χ1n) is 8.87. The third kappa shape index (κ3) is 4.78. The number of thiazole rings is 2. The van der Waals surface area contributed by atoms with Crippen LogP contribution in [0.2, 0.25) is 0 Å². The molecule has 30 heavy (non-hydrogen) atoms. The lowest BCUT2D eigenvalue weighted by molar-refractivity contribution is 0.0994. The standard InChI is InChI=1S/C20H17N5O2S3/c1-11-23-14(8-28-11)9-29-15-4-2-12(3-5-15)19(27)25-20-24-17(10-30-20)13-6-16(18(21)26)22-7-13/h2-8,10,22H,9H2,1H3,(H2,21,26)(H,24,25,27). The summed E-state index contributed by atoms with van der Waals surface area (Å²) in [6.45, 7) is 1.99. The summed E-state index contributed by atoms with van der Waals surface area (Å²) in [7, 11) is 0. The maximum atomic E-state index is 12.5. The maximum Gasteiger partial charge on any atom is 0.265 e. The van der Waals surface area contributed by atoms with Crippen molar-refractivity contribution in [3.63, 3.8) is 0 Å². The normalized spacial score (nSPS) is 10.8. The van der Waals surface area contributed by atoms with Crippen molar-refractivity contribution in [2.45, 2.75) is 17.6 Å². The quantitative estimate of drug-likeness (QED) is 0.354. The van der Waals surface area contributed by atoms with E-state index in [1.807, 2.05) is 24.4 Å². The number of nitrogens with one attached hydrogen (secondary N) is 2. The molecule has 2 amide bonds. The maximum absolute atomic E-state index is 12.5. The van der Waals surface area contributed by atoms with E-state index in [0.717, 1.165) is 26.9 Å². The highest BCUT2D eigenvalue weighted by Crippen LogP contribution is 2.27. The number of aryl methyl sites for hydroxylation is 1. The predicted molar refractivity (Wildman–Crippen MR) is 121 cm³/mol. The summed E-state index contributed by atoms with van der Waals surface area (Å²) in [4.78, 5) is 36.5. The Kier molecular flexibility index (Phi) is 5.98. The molecule has 4 N–H and O–H groups in total. The number of benzene rings is 1. The SMILES string of the molecule is Cc1nc(CSc2ccc(C(=O)Nc3nc(-c4c[nH]c(C(N)=O)c4)cs3)cc2)cs1. The largest absolute Gasteiger partial charge is 0.364 e. The van der Waals surface area contributed by atoms with Crippen LogP contribution in [0.4, 0.5) is 5.13 Å². The van der Waals surface area contributed by atoms with Crippen molar-refractivity contribution in [3.8, 4) is 11.3 Å². The zero-order valence-electron chi connectivity index (χ0n) is 15.8. The molecule has 4 aromatic rings. The highest BCUT2D eigenvalue weighted by atomic mass is 32.2. The van der Waals surface area contributed by atoms with Crippen LogP contribution in [0.15, 0.2) is 52.2 Å². The number of carbonyl (C=O) groups excluding carboxylic acids is 2. The number of H-pyrrole nitrogens is 1. The molecule has 0 atom stereocenters. The molecule has 3 heterocycles. The van der Waals surface area contributed by atoms with Crippen LogP contribution in [0.5, 0.6) is 0 Å². The molecule has 1 aromatic carbocycles. The smallest absolute Gasteiger partial charge is 0.265 e. The predicted octanol–water partition coefficient (Wildman–Crippen LogP) is 4.55. The van der Waals surface area contributed by atoms with Crippen molar-refractivity contribution in [3.05, 3.63) is 69.2 Å². The Labute approximate surface area is 184 Å². The molecule has 10 heteroatoms. The van der Waals surface area contributed by atoms with Gasteiger partial charge in [0.2, 0.25) is 0 Å². The summed E-state index contributed by atoms with van der Waals surface area (Å²) in [5.74, 6) is 0.0387. The van der Waals surface area contributed by atoms with Crippen molar-refractivity contribution < 1.29 is 9.59 Å². The van der Waals surface area contributed by atoms with E-state index in [4.69, 9.17) is 5.73 Å². The molecule has 3 aromatic heterocycles. The molecule has 152 valence electrons. The minimum atomic E-state index is -0.534. The van der Waals surface area contributed by atoms with E-state index in [-0.39, 0.29) is 5.91 Å². The lowest BCUT2D eigenvalue weighted by atomic mass is 10.2. The van der Waals surface area contributed by atoms with Crippen LogP contribution < -0.4 is 11.1 Å². The van der Waals surface area contributed by atoms with Crippen LogP contribution in [0, 0.1) is 6.92 Å². The van der Waals surface area contributed by atoms with Gasteiger partial charge in [-0.15, -0.1) is 34.4 Å². The van der Waals surface area contributed by atoms with E-state index < -0.39 is 5.91 Å². The van der Waals surface area contributed by atoms with Gasteiger partial charge in [0.25, 0.3) is 11.8 Å². The monoisotopic (exact) mass is 455 g/mol. The molecular weight excluding hydrogens is 438 g/mol. The van der Waals surface area contributed by atoms with Gasteiger partial charge in [0, 0.05) is 38.7 Å². The van der Waals surface area contributed by atoms with Crippen LogP contribution in [-0.4, -0.2) is 26.8 Å². The van der Waals surface area contributed by atoms with Crippen LogP contribution >= 0.6 is 34.4 Å². The Hall–Kier alpha value is -2.95. The summed E-state index contributed by atoms with van der Waals surface area (Å²) in [6, 6.07) is 9.08. The Morgan fingerprint density at radius 3 is 2.63 bits per heavy atom. The lowest BCUT2D eigenvalue weighted by Gasteiger charge is -2.04. The molecule has 0 radical (unpaired) electrons. The Morgan fingerprint density at radius 1 is 1.17 bits per heavy atom. The van der Waals surface area contributed by atoms with Gasteiger partial charge < -0.3 is 10.7 Å². The van der Waals surface area contributed by atoms with Crippen molar-refractivity contribution in [2.75, 3.05) is 5.32 Å². The molecule has 0 aliphatic carbocycles. The van der Waals surface area contributed by atoms with Gasteiger partial charge in [0.15, 0.2) is 5.13 Å². The van der Waals surface area contributed by atoms with E-state index >= 15 is 0 Å². The third-order valence-electron chi connectivity index (χ3n) is 4.14. The van der Waals surface area contributed by atoms with Gasteiger partial charge >= 0.3 is 0 Å². The van der Waals surface area contributed by atoms with Crippen LogP contribution in [0.1, 0.15) is 31.5 Å². The minimum absolute atomic E-state index is 0.227. The molecule has 0 aliphatic rings. The van der Waals surface area contributed by atoms with E-state index in [9.17, 15) is 9.59 Å². The first-order valence-corrected chi connectivity index (χ1v) is 11.6. The van der Waals surface area contributed by atoms with Crippen LogP contribution in [-0.2, 0) is 5.75 Å². The number of nitrogens with two attached hydrogens (primary N) is 1. The van der Waals surface area contributed by atoms with Crippen molar-refractivity contribution >= 4 is 51.4 Å². The molecule has 0 spiro atoms. The second-order valence-electron chi connectivity index (χ2n) is 6.33. The number of hydrogen-bond donors (Lipinski definition) is 3. The van der Waals surface area contributed by atoms with Gasteiger partial charge in [-0.1, -0.05) is 0 Å². The molecular formula is C20H17N5O2S3. The molecule has 0 aliphatic heterocycles.